The Hall–Kier alpha value is -2.04. The number of methoxy groups -OCH3 is 1. The molecular weight excluding hydrogens is 452 g/mol. The normalized spacial score (nSPS) is 26.7. The van der Waals surface area contributed by atoms with Crippen LogP contribution in [0.5, 0.6) is 0 Å². The van der Waals surface area contributed by atoms with Gasteiger partial charge in [0.15, 0.2) is 0 Å². The van der Waals surface area contributed by atoms with Crippen molar-refractivity contribution >= 4 is 23.7 Å². The lowest BCUT2D eigenvalue weighted by Gasteiger charge is -2.37. The molecule has 1 aliphatic carbocycles. The molecule has 3 fully saturated rings. The molecule has 198 valence electrons. The Morgan fingerprint density at radius 3 is 2.31 bits per heavy atom. The van der Waals surface area contributed by atoms with Gasteiger partial charge >= 0.3 is 5.97 Å². The maximum Gasteiger partial charge on any atom is 0.322 e. The molecule has 0 spiro atoms. The molecule has 10 nitrogen and oxygen atoms in total. The number of imide groups is 1. The average molecular weight is 495 g/mol. The second kappa shape index (κ2) is 13.3. The third-order valence-electron chi connectivity index (χ3n) is 7.84. The number of likely N-dealkylation sites (tertiary alicyclic amines) is 1. The van der Waals surface area contributed by atoms with Crippen molar-refractivity contribution in [2.24, 2.45) is 17.8 Å². The van der Waals surface area contributed by atoms with Gasteiger partial charge in [-0.05, 0) is 83.7 Å². The fraction of sp³-hybridized carbons (Fsp3) is 0.840. The highest BCUT2D eigenvalue weighted by atomic mass is 16.5. The first-order valence-corrected chi connectivity index (χ1v) is 13.2. The van der Waals surface area contributed by atoms with Gasteiger partial charge in [-0.3, -0.25) is 19.2 Å². The third kappa shape index (κ3) is 7.72. The van der Waals surface area contributed by atoms with Gasteiger partial charge in [0.05, 0.1) is 12.0 Å². The maximum atomic E-state index is 13.5. The number of carbonyl (C=O) groups excluding carboxylic acids is 3. The first kappa shape index (κ1) is 27.5. The van der Waals surface area contributed by atoms with E-state index in [-0.39, 0.29) is 30.4 Å². The lowest BCUT2D eigenvalue weighted by atomic mass is 9.86. The monoisotopic (exact) mass is 494 g/mol. The van der Waals surface area contributed by atoms with Crippen LogP contribution in [0.25, 0.3) is 0 Å². The van der Waals surface area contributed by atoms with Gasteiger partial charge in [0.1, 0.15) is 6.04 Å². The zero-order valence-electron chi connectivity index (χ0n) is 21.2. The molecule has 0 bridgehead atoms. The van der Waals surface area contributed by atoms with E-state index in [1.807, 2.05) is 0 Å². The maximum absolute atomic E-state index is 13.5. The number of ether oxygens (including phenoxy) is 1. The number of carbonyl (C=O) groups is 4. The molecule has 3 amide bonds. The average Bonchev–Trinajstić information content (AvgIpc) is 2.90. The predicted octanol–water partition coefficient (Wildman–Crippen LogP) is 1.54. The van der Waals surface area contributed by atoms with E-state index in [0.717, 1.165) is 50.2 Å². The first-order chi connectivity index (χ1) is 16.8. The molecule has 10 heteroatoms. The molecule has 0 aromatic rings. The van der Waals surface area contributed by atoms with Crippen LogP contribution in [-0.2, 0) is 23.9 Å². The quantitative estimate of drug-likeness (QED) is 0.325. The Bertz CT molecular complexity index is 748. The number of piperidine rings is 2. The molecule has 35 heavy (non-hydrogen) atoms. The molecule has 2 saturated heterocycles. The van der Waals surface area contributed by atoms with Gasteiger partial charge in [0.25, 0.3) is 0 Å². The van der Waals surface area contributed by atoms with E-state index >= 15 is 0 Å². The zero-order chi connectivity index (χ0) is 25.4. The third-order valence-corrected chi connectivity index (χ3v) is 7.84. The van der Waals surface area contributed by atoms with E-state index in [1.54, 1.807) is 12.0 Å². The lowest BCUT2D eigenvalue weighted by molar-refractivity contribution is -0.159. The smallest absolute Gasteiger partial charge is 0.322 e. The van der Waals surface area contributed by atoms with Crippen LogP contribution >= 0.6 is 0 Å². The van der Waals surface area contributed by atoms with Crippen LogP contribution in [-0.4, -0.2) is 84.1 Å². The minimum absolute atomic E-state index is 0.0589. The molecule has 2 heterocycles. The summed E-state index contributed by atoms with van der Waals surface area (Å²) in [5, 5.41) is 13.7. The standard InChI is InChI=1S/C25H42N4O6/c1-17(25(33)34)27-29(23(31)19-6-8-21(35-2)9-7-19)24(32)20-4-3-15-28(16-20)22(30)10-5-18-11-13-26-14-12-18/h17-21,26-27H,3-16H2,1-2H3,(H,33,34)/t17-,19?,20-,21?/m1/s1. The Labute approximate surface area is 208 Å². The van der Waals surface area contributed by atoms with Crippen molar-refractivity contribution in [2.45, 2.75) is 83.3 Å². The topological polar surface area (TPSA) is 128 Å². The molecular formula is C25H42N4O6. The highest BCUT2D eigenvalue weighted by Crippen LogP contribution is 2.29. The summed E-state index contributed by atoms with van der Waals surface area (Å²) in [6.45, 7) is 4.29. The zero-order valence-corrected chi connectivity index (χ0v) is 21.2. The fourth-order valence-electron chi connectivity index (χ4n) is 5.46. The molecule has 0 aromatic heterocycles. The molecule has 3 rings (SSSR count). The molecule has 2 atom stereocenters. The van der Waals surface area contributed by atoms with Crippen LogP contribution < -0.4 is 10.7 Å². The summed E-state index contributed by atoms with van der Waals surface area (Å²) < 4.78 is 5.39. The van der Waals surface area contributed by atoms with E-state index in [2.05, 4.69) is 10.7 Å². The molecule has 1 saturated carbocycles. The van der Waals surface area contributed by atoms with Crippen LogP contribution in [0.4, 0.5) is 0 Å². The summed E-state index contributed by atoms with van der Waals surface area (Å²) in [4.78, 5) is 53.0. The van der Waals surface area contributed by atoms with Crippen molar-refractivity contribution in [1.29, 1.82) is 0 Å². The summed E-state index contributed by atoms with van der Waals surface area (Å²) in [5.74, 6) is -2.23. The van der Waals surface area contributed by atoms with E-state index < -0.39 is 23.8 Å². The summed E-state index contributed by atoms with van der Waals surface area (Å²) in [7, 11) is 1.65. The van der Waals surface area contributed by atoms with Crippen molar-refractivity contribution < 1.29 is 29.0 Å². The number of hydrazine groups is 1. The van der Waals surface area contributed by atoms with Crippen molar-refractivity contribution in [1.82, 2.24) is 20.7 Å². The van der Waals surface area contributed by atoms with Crippen molar-refractivity contribution in [3.8, 4) is 0 Å². The number of nitrogens with zero attached hydrogens (tertiary/aromatic N) is 2. The number of carboxylic acid groups (broad SMARTS) is 1. The van der Waals surface area contributed by atoms with Gasteiger partial charge in [-0.25, -0.2) is 10.4 Å². The number of amides is 3. The number of nitrogens with one attached hydrogen (secondary N) is 2. The van der Waals surface area contributed by atoms with Crippen LogP contribution in [0.15, 0.2) is 0 Å². The first-order valence-electron chi connectivity index (χ1n) is 13.2. The Kier molecular flexibility index (Phi) is 10.5. The molecule has 2 aliphatic heterocycles. The fourth-order valence-corrected chi connectivity index (χ4v) is 5.46. The largest absolute Gasteiger partial charge is 0.480 e. The van der Waals surface area contributed by atoms with Gasteiger partial charge < -0.3 is 20.1 Å². The number of hydrogen-bond acceptors (Lipinski definition) is 7. The SMILES string of the molecule is COC1CCC(C(=O)N(N[C@H](C)C(=O)O)C(=O)[C@@H]2CCCN(C(=O)CCC3CCNCC3)C2)CC1. The van der Waals surface area contributed by atoms with Gasteiger partial charge in [-0.1, -0.05) is 0 Å². The Morgan fingerprint density at radius 2 is 1.69 bits per heavy atom. The lowest BCUT2D eigenvalue weighted by Crippen LogP contribution is -2.58. The van der Waals surface area contributed by atoms with Gasteiger partial charge in [0, 0.05) is 32.5 Å². The summed E-state index contributed by atoms with van der Waals surface area (Å²) in [6.07, 6.45) is 7.52. The van der Waals surface area contributed by atoms with E-state index in [4.69, 9.17) is 4.74 Å². The molecule has 0 radical (unpaired) electrons. The van der Waals surface area contributed by atoms with Crippen molar-refractivity contribution in [2.75, 3.05) is 33.3 Å². The van der Waals surface area contributed by atoms with Gasteiger partial charge in [-0.2, -0.15) is 0 Å². The Balaban J connectivity index is 1.62. The van der Waals surface area contributed by atoms with E-state index in [1.165, 1.54) is 6.92 Å². The molecule has 3 N–H and O–H groups in total. The highest BCUT2D eigenvalue weighted by Gasteiger charge is 2.38. The van der Waals surface area contributed by atoms with Gasteiger partial charge in [-0.15, -0.1) is 0 Å². The summed E-state index contributed by atoms with van der Waals surface area (Å²) in [6, 6.07) is -1.09. The minimum Gasteiger partial charge on any atom is -0.480 e. The molecule has 0 aromatic carbocycles. The predicted molar refractivity (Wildman–Crippen MR) is 129 cm³/mol. The van der Waals surface area contributed by atoms with Crippen LogP contribution in [0.3, 0.4) is 0 Å². The number of carboxylic acids is 1. The van der Waals surface area contributed by atoms with Crippen LogP contribution in [0.2, 0.25) is 0 Å². The second-order valence-corrected chi connectivity index (χ2v) is 10.3. The number of hydrogen-bond donors (Lipinski definition) is 3. The molecule has 3 aliphatic rings. The number of aliphatic carboxylic acids is 1. The molecule has 0 unspecified atom stereocenters. The Morgan fingerprint density at radius 1 is 1.03 bits per heavy atom. The van der Waals surface area contributed by atoms with Crippen LogP contribution in [0, 0.1) is 17.8 Å². The van der Waals surface area contributed by atoms with Crippen molar-refractivity contribution in [3.63, 3.8) is 0 Å². The van der Waals surface area contributed by atoms with Crippen molar-refractivity contribution in [3.05, 3.63) is 0 Å². The second-order valence-electron chi connectivity index (χ2n) is 10.3. The van der Waals surface area contributed by atoms with Gasteiger partial charge in [0.2, 0.25) is 17.7 Å². The summed E-state index contributed by atoms with van der Waals surface area (Å²) in [5.41, 5.74) is 2.64. The van der Waals surface area contributed by atoms with E-state index in [9.17, 15) is 24.3 Å². The van der Waals surface area contributed by atoms with Crippen LogP contribution in [0.1, 0.15) is 71.1 Å². The summed E-state index contributed by atoms with van der Waals surface area (Å²) >= 11 is 0. The number of rotatable bonds is 9. The van der Waals surface area contributed by atoms with E-state index in [0.29, 0.717) is 44.6 Å². The highest BCUT2D eigenvalue weighted by molar-refractivity contribution is 5.97. The minimum atomic E-state index is -1.14.